The van der Waals surface area contributed by atoms with Crippen molar-refractivity contribution in [2.24, 2.45) is 5.92 Å². The number of benzene rings is 2. The Morgan fingerprint density at radius 3 is 2.71 bits per heavy atom. The van der Waals surface area contributed by atoms with Gasteiger partial charge in [-0.3, -0.25) is 0 Å². The van der Waals surface area contributed by atoms with Gasteiger partial charge in [0, 0.05) is 23.9 Å². The predicted octanol–water partition coefficient (Wildman–Crippen LogP) is 5.07. The van der Waals surface area contributed by atoms with Crippen LogP contribution in [-0.2, 0) is 6.42 Å². The summed E-state index contributed by atoms with van der Waals surface area (Å²) in [7, 11) is 5.81. The fourth-order valence-corrected chi connectivity index (χ4v) is 4.50. The minimum atomic E-state index is -0.893. The van der Waals surface area contributed by atoms with Gasteiger partial charge in [0.05, 0.1) is 12.7 Å². The van der Waals surface area contributed by atoms with Crippen molar-refractivity contribution in [2.75, 3.05) is 27.7 Å². The molecular weight excluding hydrogens is 370 g/mol. The molecule has 3 nitrogen and oxygen atoms in total. The third-order valence-electron chi connectivity index (χ3n) is 5.61. The summed E-state index contributed by atoms with van der Waals surface area (Å²) in [4.78, 5) is 2.17. The lowest BCUT2D eigenvalue weighted by Crippen LogP contribution is -2.48. The number of hydrogen-bond donors (Lipinski definition) is 1. The molecule has 0 radical (unpaired) electrons. The van der Waals surface area contributed by atoms with Gasteiger partial charge in [0.15, 0.2) is 0 Å². The molecule has 3 rings (SSSR count). The molecule has 2 unspecified atom stereocenters. The van der Waals surface area contributed by atoms with Crippen LogP contribution in [0.25, 0.3) is 6.08 Å². The fourth-order valence-electron chi connectivity index (χ4n) is 4.29. The van der Waals surface area contributed by atoms with Crippen LogP contribution in [0.5, 0.6) is 5.75 Å². The quantitative estimate of drug-likeness (QED) is 0.736. The van der Waals surface area contributed by atoms with Crippen LogP contribution in [0.2, 0.25) is 5.02 Å². The van der Waals surface area contributed by atoms with Crippen molar-refractivity contribution in [1.29, 1.82) is 0 Å². The maximum Gasteiger partial charge on any atom is 0.119 e. The third kappa shape index (κ3) is 4.96. The van der Waals surface area contributed by atoms with Crippen LogP contribution in [0.15, 0.2) is 54.1 Å². The van der Waals surface area contributed by atoms with E-state index in [0.717, 1.165) is 48.3 Å². The Bertz CT molecular complexity index is 833. The van der Waals surface area contributed by atoms with Gasteiger partial charge in [0.25, 0.3) is 0 Å². The van der Waals surface area contributed by atoms with Gasteiger partial charge in [-0.15, -0.1) is 0 Å². The molecule has 150 valence electrons. The zero-order valence-electron chi connectivity index (χ0n) is 17.0. The van der Waals surface area contributed by atoms with E-state index in [4.69, 9.17) is 16.3 Å². The second-order valence-corrected chi connectivity index (χ2v) is 8.46. The SMILES string of the molecule is COc1cccc(C=C2CCCC(CN(C)C)C2(O)Cc2cccc(Cl)c2)c1. The minimum absolute atomic E-state index is 0.173. The first kappa shape index (κ1) is 20.9. The molecule has 4 heteroatoms. The van der Waals surface area contributed by atoms with Crippen molar-refractivity contribution >= 4 is 17.7 Å². The highest BCUT2D eigenvalue weighted by molar-refractivity contribution is 6.30. The lowest BCUT2D eigenvalue weighted by Gasteiger charge is -2.43. The molecule has 28 heavy (non-hydrogen) atoms. The molecule has 1 N–H and O–H groups in total. The number of hydrogen-bond acceptors (Lipinski definition) is 3. The first-order chi connectivity index (χ1) is 13.4. The van der Waals surface area contributed by atoms with Crippen LogP contribution in [0, 0.1) is 5.92 Å². The smallest absolute Gasteiger partial charge is 0.119 e. The van der Waals surface area contributed by atoms with E-state index in [1.54, 1.807) is 7.11 Å². The molecule has 2 aromatic carbocycles. The molecule has 2 aromatic rings. The van der Waals surface area contributed by atoms with Crippen LogP contribution >= 0.6 is 11.6 Å². The Balaban J connectivity index is 2.00. The first-order valence-electron chi connectivity index (χ1n) is 9.87. The topological polar surface area (TPSA) is 32.7 Å². The molecule has 1 aliphatic carbocycles. The lowest BCUT2D eigenvalue weighted by atomic mass is 9.68. The summed E-state index contributed by atoms with van der Waals surface area (Å²) >= 11 is 6.21. The Labute approximate surface area is 173 Å². The Morgan fingerprint density at radius 2 is 2.00 bits per heavy atom. The molecular formula is C24H30ClNO2. The molecule has 0 aliphatic heterocycles. The maximum atomic E-state index is 12.0. The van der Waals surface area contributed by atoms with E-state index in [1.807, 2.05) is 42.5 Å². The number of nitrogens with zero attached hydrogens (tertiary/aromatic N) is 1. The van der Waals surface area contributed by atoms with Crippen molar-refractivity contribution in [2.45, 2.75) is 31.3 Å². The van der Waals surface area contributed by atoms with Gasteiger partial charge in [0.1, 0.15) is 5.75 Å². The van der Waals surface area contributed by atoms with Gasteiger partial charge >= 0.3 is 0 Å². The predicted molar refractivity (Wildman–Crippen MR) is 117 cm³/mol. The molecule has 0 bridgehead atoms. The molecule has 0 spiro atoms. The third-order valence-corrected chi connectivity index (χ3v) is 5.85. The molecule has 0 amide bonds. The van der Waals surface area contributed by atoms with Crippen molar-refractivity contribution < 1.29 is 9.84 Å². The van der Waals surface area contributed by atoms with E-state index in [9.17, 15) is 5.11 Å². The Kier molecular flexibility index (Phi) is 6.82. The summed E-state index contributed by atoms with van der Waals surface area (Å²) in [5, 5.41) is 12.7. The summed E-state index contributed by atoms with van der Waals surface area (Å²) in [6, 6.07) is 15.8. The molecule has 1 aliphatic rings. The molecule has 0 heterocycles. The summed E-state index contributed by atoms with van der Waals surface area (Å²) in [6.45, 7) is 0.854. The number of methoxy groups -OCH3 is 1. The van der Waals surface area contributed by atoms with Crippen LogP contribution in [0.3, 0.4) is 0 Å². The normalized spacial score (nSPS) is 23.9. The van der Waals surface area contributed by atoms with Crippen molar-refractivity contribution in [1.82, 2.24) is 4.90 Å². The summed E-state index contributed by atoms with van der Waals surface area (Å²) in [5.41, 5.74) is 2.33. The number of ether oxygens (including phenoxy) is 1. The summed E-state index contributed by atoms with van der Waals surface area (Å²) < 4.78 is 5.37. The molecule has 1 saturated carbocycles. The minimum Gasteiger partial charge on any atom is -0.497 e. The van der Waals surface area contributed by atoms with Gasteiger partial charge < -0.3 is 14.7 Å². The summed E-state index contributed by atoms with van der Waals surface area (Å²) in [5.74, 6) is 1.00. The monoisotopic (exact) mass is 399 g/mol. The second kappa shape index (κ2) is 9.13. The zero-order chi connectivity index (χ0) is 20.1. The van der Waals surface area contributed by atoms with Crippen molar-refractivity contribution in [3.05, 3.63) is 70.3 Å². The molecule has 2 atom stereocenters. The number of halogens is 1. The molecule has 0 saturated heterocycles. The van der Waals surface area contributed by atoms with E-state index >= 15 is 0 Å². The van der Waals surface area contributed by atoms with Gasteiger partial charge in [-0.1, -0.05) is 41.9 Å². The van der Waals surface area contributed by atoms with Gasteiger partial charge in [-0.05, 0) is 74.3 Å². The van der Waals surface area contributed by atoms with Crippen molar-refractivity contribution in [3.63, 3.8) is 0 Å². The van der Waals surface area contributed by atoms with E-state index < -0.39 is 5.60 Å². The molecule has 1 fully saturated rings. The van der Waals surface area contributed by atoms with Gasteiger partial charge in [-0.25, -0.2) is 0 Å². The first-order valence-corrected chi connectivity index (χ1v) is 10.2. The van der Waals surface area contributed by atoms with E-state index in [0.29, 0.717) is 11.4 Å². The lowest BCUT2D eigenvalue weighted by molar-refractivity contribution is -0.0123. The number of rotatable bonds is 6. The second-order valence-electron chi connectivity index (χ2n) is 8.03. The van der Waals surface area contributed by atoms with Crippen molar-refractivity contribution in [3.8, 4) is 5.75 Å². The standard InChI is InChI=1S/C24H30ClNO2/c1-26(2)17-21-10-6-9-20(13-18-7-5-12-23(15-18)28-3)24(21,27)16-19-8-4-11-22(25)14-19/h4-5,7-8,11-15,21,27H,6,9-10,16-17H2,1-3H3. The summed E-state index contributed by atoms with van der Waals surface area (Å²) in [6.07, 6.45) is 5.73. The van der Waals surface area contributed by atoms with Gasteiger partial charge in [0.2, 0.25) is 0 Å². The average molecular weight is 400 g/mol. The zero-order valence-corrected chi connectivity index (χ0v) is 17.7. The van der Waals surface area contributed by atoms with E-state index in [1.165, 1.54) is 0 Å². The Hall–Kier alpha value is -1.81. The highest BCUT2D eigenvalue weighted by atomic mass is 35.5. The number of aliphatic hydroxyl groups is 1. The highest BCUT2D eigenvalue weighted by Gasteiger charge is 2.42. The highest BCUT2D eigenvalue weighted by Crippen LogP contribution is 2.42. The fraction of sp³-hybridized carbons (Fsp3) is 0.417. The maximum absolute atomic E-state index is 12.0. The van der Waals surface area contributed by atoms with Crippen LogP contribution in [0.4, 0.5) is 0 Å². The van der Waals surface area contributed by atoms with Crippen LogP contribution in [-0.4, -0.2) is 43.4 Å². The average Bonchev–Trinajstić information content (AvgIpc) is 2.65. The van der Waals surface area contributed by atoms with E-state index in [-0.39, 0.29) is 5.92 Å². The largest absolute Gasteiger partial charge is 0.497 e. The van der Waals surface area contributed by atoms with Crippen LogP contribution in [0.1, 0.15) is 30.4 Å². The Morgan fingerprint density at radius 1 is 1.21 bits per heavy atom. The van der Waals surface area contributed by atoms with E-state index in [2.05, 4.69) is 31.1 Å². The van der Waals surface area contributed by atoms with Crippen LogP contribution < -0.4 is 4.74 Å². The van der Waals surface area contributed by atoms with Gasteiger partial charge in [-0.2, -0.15) is 0 Å². The molecule has 0 aromatic heterocycles.